The third-order valence-corrected chi connectivity index (χ3v) is 7.59. The molecule has 3 nitrogen and oxygen atoms in total. The fourth-order valence-corrected chi connectivity index (χ4v) is 6.24. The summed E-state index contributed by atoms with van der Waals surface area (Å²) in [5, 5.41) is 4.38. The number of hydrogen-bond donors (Lipinski definition) is 1. The average Bonchev–Trinajstić information content (AvgIpc) is 3.02. The summed E-state index contributed by atoms with van der Waals surface area (Å²) in [4.78, 5) is 6.21. The number of nitrogens with one attached hydrogen (secondary N) is 1. The van der Waals surface area contributed by atoms with Crippen LogP contribution in [-0.2, 0) is 5.54 Å². The zero-order valence-corrected chi connectivity index (χ0v) is 17.4. The van der Waals surface area contributed by atoms with Crippen LogP contribution < -0.4 is 14.7 Å². The van der Waals surface area contributed by atoms with Crippen LogP contribution in [-0.4, -0.2) is 7.11 Å². The number of benzene rings is 2. The number of rotatable bonds is 2. The van der Waals surface area contributed by atoms with Gasteiger partial charge in [-0.05, 0) is 50.6 Å². The topological polar surface area (TPSA) is 33.6 Å². The minimum Gasteiger partial charge on any atom is -0.497 e. The maximum absolute atomic E-state index is 6.28. The Morgan fingerprint density at radius 1 is 1.12 bits per heavy atom. The Morgan fingerprint density at radius 3 is 2.65 bits per heavy atom. The third-order valence-electron chi connectivity index (χ3n) is 4.54. The summed E-state index contributed by atoms with van der Waals surface area (Å²) >= 11 is 6.28. The van der Waals surface area contributed by atoms with Crippen molar-refractivity contribution >= 4 is 43.7 Å². The Labute approximate surface area is 165 Å². The van der Waals surface area contributed by atoms with Gasteiger partial charge in [0.15, 0.2) is 0 Å². The molecule has 0 bridgehead atoms. The molecule has 0 atom stereocenters. The lowest BCUT2D eigenvalue weighted by molar-refractivity contribution is 0.415. The summed E-state index contributed by atoms with van der Waals surface area (Å²) in [5.41, 5.74) is 5.22. The van der Waals surface area contributed by atoms with Gasteiger partial charge in [0.1, 0.15) is 10.4 Å². The molecular formula is C20H19ClN2OS2. The molecule has 1 N–H and O–H groups in total. The van der Waals surface area contributed by atoms with E-state index in [9.17, 15) is 0 Å². The van der Waals surface area contributed by atoms with Crippen LogP contribution in [0.3, 0.4) is 0 Å². The zero-order valence-electron chi connectivity index (χ0n) is 15.0. The van der Waals surface area contributed by atoms with Crippen molar-refractivity contribution in [2.24, 2.45) is 4.99 Å². The Morgan fingerprint density at radius 2 is 1.92 bits per heavy atom. The Hall–Kier alpha value is -1.82. The second-order valence-corrected chi connectivity index (χ2v) is 9.42. The number of aryl methyl sites for hydroxylation is 1. The smallest absolute Gasteiger partial charge is 0.135 e. The molecule has 2 aromatic carbocycles. The first-order valence-corrected chi connectivity index (χ1v) is 10.8. The van der Waals surface area contributed by atoms with Crippen molar-refractivity contribution in [3.05, 3.63) is 56.5 Å². The highest BCUT2D eigenvalue weighted by atomic mass is 35.5. The summed E-state index contributed by atoms with van der Waals surface area (Å²) in [5.74, 6) is 0.846. The second-order valence-electron chi connectivity index (χ2n) is 6.88. The van der Waals surface area contributed by atoms with E-state index in [1.807, 2.05) is 31.2 Å². The minimum absolute atomic E-state index is 0.158. The molecule has 0 amide bonds. The number of methoxy groups -OCH3 is 1. The lowest BCUT2D eigenvalue weighted by atomic mass is 9.90. The first-order chi connectivity index (χ1) is 12.4. The van der Waals surface area contributed by atoms with Gasteiger partial charge in [0.2, 0.25) is 0 Å². The molecule has 0 saturated heterocycles. The molecule has 0 spiro atoms. The van der Waals surface area contributed by atoms with Gasteiger partial charge in [-0.25, -0.2) is 4.99 Å². The molecule has 134 valence electrons. The molecule has 2 heterocycles. The minimum atomic E-state index is -0.158. The Balaban J connectivity index is 1.94. The van der Waals surface area contributed by atoms with E-state index in [4.69, 9.17) is 21.3 Å². The van der Waals surface area contributed by atoms with E-state index < -0.39 is 0 Å². The van der Waals surface area contributed by atoms with Crippen LogP contribution in [0.5, 0.6) is 5.75 Å². The van der Waals surface area contributed by atoms with E-state index in [1.54, 1.807) is 27.8 Å². The zero-order chi connectivity index (χ0) is 18.5. The summed E-state index contributed by atoms with van der Waals surface area (Å²) in [6.45, 7) is 6.40. The van der Waals surface area contributed by atoms with Gasteiger partial charge in [0.05, 0.1) is 23.2 Å². The Kier molecular flexibility index (Phi) is 4.34. The van der Waals surface area contributed by atoms with Crippen LogP contribution in [0.4, 0.5) is 11.4 Å². The Bertz CT molecular complexity index is 1070. The van der Waals surface area contributed by atoms with E-state index in [2.05, 4.69) is 31.3 Å². The van der Waals surface area contributed by atoms with E-state index in [0.717, 1.165) is 37.9 Å². The maximum Gasteiger partial charge on any atom is 0.135 e. The van der Waals surface area contributed by atoms with Gasteiger partial charge in [-0.1, -0.05) is 38.3 Å². The van der Waals surface area contributed by atoms with Crippen molar-refractivity contribution < 1.29 is 4.74 Å². The van der Waals surface area contributed by atoms with Crippen LogP contribution >= 0.6 is 32.3 Å². The number of halogens is 1. The molecule has 1 aliphatic heterocycles. The van der Waals surface area contributed by atoms with Gasteiger partial charge >= 0.3 is 0 Å². The largest absolute Gasteiger partial charge is 0.497 e. The van der Waals surface area contributed by atoms with Crippen LogP contribution in [0.25, 0.3) is 11.1 Å². The second kappa shape index (κ2) is 6.41. The van der Waals surface area contributed by atoms with Gasteiger partial charge in [-0.2, -0.15) is 0 Å². The lowest BCUT2D eigenvalue weighted by Gasteiger charge is -2.33. The fraction of sp³-hybridized carbons (Fsp3) is 0.250. The molecule has 0 aliphatic carbocycles. The van der Waals surface area contributed by atoms with Gasteiger partial charge in [0, 0.05) is 27.9 Å². The number of ether oxygens (including phenoxy) is 1. The molecule has 3 aromatic rings. The molecule has 0 saturated carbocycles. The van der Waals surface area contributed by atoms with E-state index in [0.29, 0.717) is 0 Å². The first kappa shape index (κ1) is 17.6. The van der Waals surface area contributed by atoms with Crippen LogP contribution in [0.1, 0.15) is 24.3 Å². The summed E-state index contributed by atoms with van der Waals surface area (Å²) < 4.78 is 6.41. The predicted molar refractivity (Wildman–Crippen MR) is 112 cm³/mol. The highest BCUT2D eigenvalue weighted by Gasteiger charge is 2.33. The van der Waals surface area contributed by atoms with E-state index in [-0.39, 0.29) is 5.54 Å². The molecular weight excluding hydrogens is 384 g/mol. The van der Waals surface area contributed by atoms with E-state index in [1.165, 1.54) is 10.4 Å². The standard InChI is InChI=1S/C20H19ClN2OS2/c1-11-5-6-12(9-15(11)21)22-19-17-14-8-7-13(24-4)10-16(14)23-20(2,3)18(17)25-26-19/h5-10,23H,1-4H3. The van der Waals surface area contributed by atoms with Crippen molar-refractivity contribution in [1.82, 2.24) is 0 Å². The third kappa shape index (κ3) is 2.94. The molecule has 26 heavy (non-hydrogen) atoms. The molecule has 0 radical (unpaired) electrons. The van der Waals surface area contributed by atoms with Crippen molar-refractivity contribution in [2.45, 2.75) is 26.3 Å². The van der Waals surface area contributed by atoms with Crippen LogP contribution in [0.2, 0.25) is 5.02 Å². The quantitative estimate of drug-likeness (QED) is 0.507. The number of nitrogens with zero attached hydrogens (tertiary/aromatic N) is 1. The monoisotopic (exact) mass is 402 g/mol. The number of fused-ring (bicyclic) bond motifs is 3. The molecule has 1 aromatic heterocycles. The fourth-order valence-electron chi connectivity index (χ4n) is 3.12. The molecule has 0 fully saturated rings. The highest BCUT2D eigenvalue weighted by molar-refractivity contribution is 7.68. The molecule has 6 heteroatoms. The van der Waals surface area contributed by atoms with Gasteiger partial charge < -0.3 is 10.1 Å². The van der Waals surface area contributed by atoms with Crippen molar-refractivity contribution in [3.63, 3.8) is 0 Å². The predicted octanol–water partition coefficient (Wildman–Crippen LogP) is 6.34. The lowest BCUT2D eigenvalue weighted by Crippen LogP contribution is -2.31. The van der Waals surface area contributed by atoms with Crippen LogP contribution in [0.15, 0.2) is 41.4 Å². The normalized spacial score (nSPS) is 15.2. The molecule has 4 rings (SSSR count). The molecule has 0 unspecified atom stereocenters. The van der Waals surface area contributed by atoms with Crippen molar-refractivity contribution in [2.75, 3.05) is 12.4 Å². The van der Waals surface area contributed by atoms with Crippen molar-refractivity contribution in [3.8, 4) is 16.9 Å². The van der Waals surface area contributed by atoms with Gasteiger partial charge in [-0.15, -0.1) is 0 Å². The van der Waals surface area contributed by atoms with Gasteiger partial charge in [0.25, 0.3) is 0 Å². The van der Waals surface area contributed by atoms with Crippen molar-refractivity contribution in [1.29, 1.82) is 0 Å². The highest BCUT2D eigenvalue weighted by Crippen LogP contribution is 2.46. The summed E-state index contributed by atoms with van der Waals surface area (Å²) in [6, 6.07) is 12.1. The summed E-state index contributed by atoms with van der Waals surface area (Å²) in [7, 11) is 5.18. The van der Waals surface area contributed by atoms with E-state index >= 15 is 0 Å². The SMILES string of the molecule is COc1ccc2c(c1)NC(C)(C)c1ssc(=Nc3ccc(C)c(Cl)c3)c1-2. The number of anilines is 1. The average molecular weight is 403 g/mol. The molecule has 1 aliphatic rings. The number of hydrogen-bond acceptors (Lipinski definition) is 5. The summed E-state index contributed by atoms with van der Waals surface area (Å²) in [6.07, 6.45) is 0. The van der Waals surface area contributed by atoms with Crippen LogP contribution in [0, 0.1) is 6.92 Å². The maximum atomic E-state index is 6.28. The first-order valence-electron chi connectivity index (χ1n) is 8.30. The van der Waals surface area contributed by atoms with Gasteiger partial charge in [-0.3, -0.25) is 0 Å².